The molecule has 2 aromatic carbocycles. The van der Waals surface area contributed by atoms with E-state index in [1.165, 1.54) is 11.1 Å². The summed E-state index contributed by atoms with van der Waals surface area (Å²) in [6, 6.07) is 15.9. The number of carbonyl (C=O) groups is 1. The van der Waals surface area contributed by atoms with Crippen LogP contribution in [-0.2, 0) is 6.42 Å². The van der Waals surface area contributed by atoms with E-state index in [4.69, 9.17) is 0 Å². The summed E-state index contributed by atoms with van der Waals surface area (Å²) in [7, 11) is 0. The number of amides is 2. The Morgan fingerprint density at radius 1 is 1.14 bits per heavy atom. The minimum Gasteiger partial charge on any atom is -0.383 e. The van der Waals surface area contributed by atoms with Crippen LogP contribution >= 0.6 is 0 Å². The molecule has 3 rings (SSSR count). The first-order valence-corrected chi connectivity index (χ1v) is 7.17. The molecule has 0 aliphatic carbocycles. The summed E-state index contributed by atoms with van der Waals surface area (Å²) in [4.78, 5) is 12.0. The summed E-state index contributed by atoms with van der Waals surface area (Å²) in [5, 5.41) is 9.22. The van der Waals surface area contributed by atoms with Gasteiger partial charge in [0.05, 0.1) is 6.04 Å². The van der Waals surface area contributed by atoms with Crippen LogP contribution in [0.25, 0.3) is 0 Å². The van der Waals surface area contributed by atoms with E-state index in [2.05, 4.69) is 28.1 Å². The van der Waals surface area contributed by atoms with E-state index in [-0.39, 0.29) is 12.1 Å². The number of rotatable bonds is 2. The maximum absolute atomic E-state index is 12.0. The number of aryl methyl sites for hydroxylation is 1. The first kappa shape index (κ1) is 13.5. The van der Waals surface area contributed by atoms with Crippen LogP contribution in [0.3, 0.4) is 0 Å². The van der Waals surface area contributed by atoms with Crippen LogP contribution in [0.4, 0.5) is 16.2 Å². The Hall–Kier alpha value is -2.49. The number of benzene rings is 2. The lowest BCUT2D eigenvalue weighted by Crippen LogP contribution is -2.45. The molecule has 0 aromatic heterocycles. The standard InChI is InChI=1S/C17H19N3O/c1-12-6-8-14(9-7-12)19-17(21)20-15-10-13-4-2-3-5-16(13)18-11-15/h2-9,15,18H,10-11H2,1H3,(H2,19,20,21). The molecule has 1 atom stereocenters. The Balaban J connectivity index is 1.57. The molecule has 1 aliphatic heterocycles. The Labute approximate surface area is 124 Å². The fourth-order valence-electron chi connectivity index (χ4n) is 2.53. The van der Waals surface area contributed by atoms with Crippen molar-refractivity contribution in [3.8, 4) is 0 Å². The summed E-state index contributed by atoms with van der Waals surface area (Å²) in [5.74, 6) is 0. The van der Waals surface area contributed by atoms with Gasteiger partial charge in [-0.1, -0.05) is 35.9 Å². The van der Waals surface area contributed by atoms with Crippen molar-refractivity contribution in [3.05, 3.63) is 59.7 Å². The molecule has 0 saturated heterocycles. The van der Waals surface area contributed by atoms with Crippen LogP contribution < -0.4 is 16.0 Å². The number of nitrogens with one attached hydrogen (secondary N) is 3. The molecule has 0 fully saturated rings. The average Bonchev–Trinajstić information content (AvgIpc) is 2.49. The van der Waals surface area contributed by atoms with Gasteiger partial charge in [-0.3, -0.25) is 0 Å². The summed E-state index contributed by atoms with van der Waals surface area (Å²) < 4.78 is 0. The summed E-state index contributed by atoms with van der Waals surface area (Å²) in [6.45, 7) is 2.77. The molecular formula is C17H19N3O. The van der Waals surface area contributed by atoms with Crippen LogP contribution in [0.15, 0.2) is 48.5 Å². The van der Waals surface area contributed by atoms with Crippen molar-refractivity contribution in [3.63, 3.8) is 0 Å². The van der Waals surface area contributed by atoms with Gasteiger partial charge in [-0.15, -0.1) is 0 Å². The smallest absolute Gasteiger partial charge is 0.319 e. The Bertz CT molecular complexity index is 637. The van der Waals surface area contributed by atoms with Crippen molar-refractivity contribution in [2.75, 3.05) is 17.2 Å². The van der Waals surface area contributed by atoms with Crippen molar-refractivity contribution in [1.82, 2.24) is 5.32 Å². The third-order valence-electron chi connectivity index (χ3n) is 3.67. The highest BCUT2D eigenvalue weighted by Crippen LogP contribution is 2.21. The number of para-hydroxylation sites is 1. The molecule has 1 unspecified atom stereocenters. The lowest BCUT2D eigenvalue weighted by Gasteiger charge is -2.26. The van der Waals surface area contributed by atoms with E-state index in [1.807, 2.05) is 43.3 Å². The lowest BCUT2D eigenvalue weighted by molar-refractivity contribution is 0.248. The zero-order valence-corrected chi connectivity index (χ0v) is 12.0. The maximum Gasteiger partial charge on any atom is 0.319 e. The molecule has 0 bridgehead atoms. The molecule has 0 spiro atoms. The van der Waals surface area contributed by atoms with E-state index in [0.29, 0.717) is 0 Å². The molecule has 1 aliphatic rings. The predicted molar refractivity (Wildman–Crippen MR) is 85.8 cm³/mol. The number of hydrogen-bond donors (Lipinski definition) is 3. The lowest BCUT2D eigenvalue weighted by atomic mass is 10.00. The van der Waals surface area contributed by atoms with Gasteiger partial charge in [-0.25, -0.2) is 4.79 Å². The van der Waals surface area contributed by atoms with Crippen molar-refractivity contribution in [1.29, 1.82) is 0 Å². The average molecular weight is 281 g/mol. The largest absolute Gasteiger partial charge is 0.383 e. The van der Waals surface area contributed by atoms with E-state index in [9.17, 15) is 4.79 Å². The second kappa shape index (κ2) is 5.87. The Kier molecular flexibility index (Phi) is 3.77. The van der Waals surface area contributed by atoms with Gasteiger partial charge >= 0.3 is 6.03 Å². The van der Waals surface area contributed by atoms with Crippen LogP contribution in [0.5, 0.6) is 0 Å². The topological polar surface area (TPSA) is 53.2 Å². The van der Waals surface area contributed by atoms with Crippen LogP contribution in [0.1, 0.15) is 11.1 Å². The summed E-state index contributed by atoms with van der Waals surface area (Å²) in [5.41, 5.74) is 4.38. The normalized spacial score (nSPS) is 16.5. The van der Waals surface area contributed by atoms with Gasteiger partial charge < -0.3 is 16.0 Å². The Morgan fingerprint density at radius 3 is 2.71 bits per heavy atom. The van der Waals surface area contributed by atoms with Crippen molar-refractivity contribution in [2.45, 2.75) is 19.4 Å². The SMILES string of the molecule is Cc1ccc(NC(=O)NC2CNc3ccccc3C2)cc1. The zero-order valence-electron chi connectivity index (χ0n) is 12.0. The monoisotopic (exact) mass is 281 g/mol. The Morgan fingerprint density at radius 2 is 1.90 bits per heavy atom. The molecule has 2 aromatic rings. The molecule has 4 nitrogen and oxygen atoms in total. The second-order valence-electron chi connectivity index (χ2n) is 5.40. The summed E-state index contributed by atoms with van der Waals surface area (Å²) >= 11 is 0. The van der Waals surface area contributed by atoms with Gasteiger partial charge in [0, 0.05) is 17.9 Å². The molecule has 0 radical (unpaired) electrons. The molecule has 3 N–H and O–H groups in total. The third kappa shape index (κ3) is 3.34. The van der Waals surface area contributed by atoms with Gasteiger partial charge in [0.1, 0.15) is 0 Å². The number of fused-ring (bicyclic) bond motifs is 1. The van der Waals surface area contributed by atoms with E-state index in [1.54, 1.807) is 0 Å². The van der Waals surface area contributed by atoms with Crippen molar-refractivity contribution >= 4 is 17.4 Å². The number of urea groups is 1. The third-order valence-corrected chi connectivity index (χ3v) is 3.67. The van der Waals surface area contributed by atoms with Gasteiger partial charge in [0.15, 0.2) is 0 Å². The van der Waals surface area contributed by atoms with Crippen LogP contribution in [0, 0.1) is 6.92 Å². The number of hydrogen-bond acceptors (Lipinski definition) is 2. The highest BCUT2D eigenvalue weighted by atomic mass is 16.2. The van der Waals surface area contributed by atoms with Gasteiger partial charge in [-0.2, -0.15) is 0 Å². The molecule has 21 heavy (non-hydrogen) atoms. The van der Waals surface area contributed by atoms with Crippen molar-refractivity contribution in [2.24, 2.45) is 0 Å². The minimum absolute atomic E-state index is 0.102. The second-order valence-corrected chi connectivity index (χ2v) is 5.40. The zero-order chi connectivity index (χ0) is 14.7. The van der Waals surface area contributed by atoms with E-state index in [0.717, 1.165) is 24.3 Å². The first-order chi connectivity index (χ1) is 10.2. The fourth-order valence-corrected chi connectivity index (χ4v) is 2.53. The molecular weight excluding hydrogens is 262 g/mol. The molecule has 4 heteroatoms. The van der Waals surface area contributed by atoms with E-state index < -0.39 is 0 Å². The van der Waals surface area contributed by atoms with Gasteiger partial charge in [0.25, 0.3) is 0 Å². The molecule has 2 amide bonds. The van der Waals surface area contributed by atoms with Crippen LogP contribution in [-0.4, -0.2) is 18.6 Å². The van der Waals surface area contributed by atoms with Gasteiger partial charge in [-0.05, 0) is 37.1 Å². The minimum atomic E-state index is -0.162. The van der Waals surface area contributed by atoms with E-state index >= 15 is 0 Å². The quantitative estimate of drug-likeness (QED) is 0.792. The number of carbonyl (C=O) groups excluding carboxylic acids is 1. The fraction of sp³-hybridized carbons (Fsp3) is 0.235. The molecule has 1 heterocycles. The summed E-state index contributed by atoms with van der Waals surface area (Å²) in [6.07, 6.45) is 0.852. The van der Waals surface area contributed by atoms with Gasteiger partial charge in [0.2, 0.25) is 0 Å². The maximum atomic E-state index is 12.0. The highest BCUT2D eigenvalue weighted by Gasteiger charge is 2.19. The predicted octanol–water partition coefficient (Wildman–Crippen LogP) is 3.15. The number of anilines is 2. The molecule has 0 saturated carbocycles. The van der Waals surface area contributed by atoms with Crippen molar-refractivity contribution < 1.29 is 4.79 Å². The first-order valence-electron chi connectivity index (χ1n) is 7.17. The molecule has 108 valence electrons. The highest BCUT2D eigenvalue weighted by molar-refractivity contribution is 5.89. The van der Waals surface area contributed by atoms with Crippen LogP contribution in [0.2, 0.25) is 0 Å².